The van der Waals surface area contributed by atoms with Crippen LogP contribution in [0.5, 0.6) is 0 Å². The zero-order valence-electron chi connectivity index (χ0n) is 12.5. The number of esters is 2. The molecule has 0 radical (unpaired) electrons. The third-order valence-corrected chi connectivity index (χ3v) is 3.43. The Morgan fingerprint density at radius 1 is 1.23 bits per heavy atom. The molecule has 0 bridgehead atoms. The number of carbonyl (C=O) groups excluding carboxylic acids is 3. The van der Waals surface area contributed by atoms with Gasteiger partial charge in [-0.2, -0.15) is 0 Å². The van der Waals surface area contributed by atoms with Crippen LogP contribution < -0.4 is 0 Å². The molecule has 1 atom stereocenters. The van der Waals surface area contributed by atoms with Gasteiger partial charge >= 0.3 is 11.9 Å². The highest BCUT2D eigenvalue weighted by Crippen LogP contribution is 2.20. The monoisotopic (exact) mass is 305 g/mol. The number of hydrogen-bond acceptors (Lipinski definition) is 5. The second-order valence-electron chi connectivity index (χ2n) is 4.97. The maximum atomic E-state index is 11.9. The van der Waals surface area contributed by atoms with Crippen molar-refractivity contribution in [1.82, 2.24) is 4.90 Å². The molecule has 6 nitrogen and oxygen atoms in total. The predicted molar refractivity (Wildman–Crippen MR) is 77.6 cm³/mol. The predicted octanol–water partition coefficient (Wildman–Crippen LogP) is 1.28. The first-order valence-electron chi connectivity index (χ1n) is 7.27. The molecule has 0 spiro atoms. The van der Waals surface area contributed by atoms with Crippen LogP contribution in [0, 0.1) is 0 Å². The van der Waals surface area contributed by atoms with E-state index >= 15 is 0 Å². The fourth-order valence-corrected chi connectivity index (χ4v) is 2.34. The summed E-state index contributed by atoms with van der Waals surface area (Å²) >= 11 is 0. The van der Waals surface area contributed by atoms with E-state index in [0.717, 1.165) is 5.56 Å². The molecule has 2 rings (SSSR count). The lowest BCUT2D eigenvalue weighted by Gasteiger charge is -2.22. The van der Waals surface area contributed by atoms with Crippen molar-refractivity contribution in [2.24, 2.45) is 0 Å². The van der Waals surface area contributed by atoms with E-state index in [1.807, 2.05) is 30.3 Å². The van der Waals surface area contributed by atoms with E-state index in [1.165, 1.54) is 4.90 Å². The zero-order chi connectivity index (χ0) is 15.9. The van der Waals surface area contributed by atoms with Crippen LogP contribution in [0.3, 0.4) is 0 Å². The van der Waals surface area contributed by atoms with E-state index < -0.39 is 18.0 Å². The van der Waals surface area contributed by atoms with Gasteiger partial charge in [0.2, 0.25) is 5.91 Å². The molecule has 22 heavy (non-hydrogen) atoms. The first-order valence-corrected chi connectivity index (χ1v) is 7.27. The van der Waals surface area contributed by atoms with Crippen LogP contribution in [0.25, 0.3) is 0 Å². The van der Waals surface area contributed by atoms with Crippen molar-refractivity contribution in [2.45, 2.75) is 32.4 Å². The van der Waals surface area contributed by atoms with Crippen LogP contribution in [-0.4, -0.2) is 41.9 Å². The lowest BCUT2D eigenvalue weighted by atomic mass is 10.2. The maximum absolute atomic E-state index is 11.9. The van der Waals surface area contributed by atoms with Crippen molar-refractivity contribution in [3.63, 3.8) is 0 Å². The standard InChI is InChI=1S/C16H19NO5/c1-2-21-16(20)13-8-9-14(18)17(13)10-15(19)22-11-12-6-4-3-5-7-12/h3-7,13H,2,8-11H2,1H3. The van der Waals surface area contributed by atoms with Crippen molar-refractivity contribution < 1.29 is 23.9 Å². The molecule has 1 heterocycles. The second kappa shape index (κ2) is 7.59. The molecule has 1 aromatic rings. The summed E-state index contributed by atoms with van der Waals surface area (Å²) in [6.45, 7) is 1.86. The van der Waals surface area contributed by atoms with Gasteiger partial charge in [-0.05, 0) is 18.9 Å². The molecular formula is C16H19NO5. The van der Waals surface area contributed by atoms with E-state index in [2.05, 4.69) is 0 Å². The average molecular weight is 305 g/mol. The Hall–Kier alpha value is -2.37. The van der Waals surface area contributed by atoms with Crippen LogP contribution in [0.1, 0.15) is 25.3 Å². The fourth-order valence-electron chi connectivity index (χ4n) is 2.34. The van der Waals surface area contributed by atoms with Crippen LogP contribution in [0.4, 0.5) is 0 Å². The van der Waals surface area contributed by atoms with E-state index in [4.69, 9.17) is 9.47 Å². The van der Waals surface area contributed by atoms with Crippen molar-refractivity contribution in [3.05, 3.63) is 35.9 Å². The average Bonchev–Trinajstić information content (AvgIpc) is 2.88. The summed E-state index contributed by atoms with van der Waals surface area (Å²) in [4.78, 5) is 36.7. The third-order valence-electron chi connectivity index (χ3n) is 3.43. The van der Waals surface area contributed by atoms with Crippen LogP contribution in [-0.2, 0) is 30.5 Å². The largest absolute Gasteiger partial charge is 0.464 e. The smallest absolute Gasteiger partial charge is 0.328 e. The van der Waals surface area contributed by atoms with Crippen molar-refractivity contribution in [1.29, 1.82) is 0 Å². The Labute approximate surface area is 129 Å². The molecule has 6 heteroatoms. The van der Waals surface area contributed by atoms with Gasteiger partial charge < -0.3 is 14.4 Å². The molecule has 1 saturated heterocycles. The molecule has 1 aliphatic rings. The van der Waals surface area contributed by atoms with Crippen LogP contribution in [0.15, 0.2) is 30.3 Å². The summed E-state index contributed by atoms with van der Waals surface area (Å²) in [7, 11) is 0. The highest BCUT2D eigenvalue weighted by molar-refractivity contribution is 5.90. The number of carbonyl (C=O) groups is 3. The summed E-state index contributed by atoms with van der Waals surface area (Å²) in [6.07, 6.45) is 0.624. The van der Waals surface area contributed by atoms with Gasteiger partial charge in [0, 0.05) is 6.42 Å². The fraction of sp³-hybridized carbons (Fsp3) is 0.438. The van der Waals surface area contributed by atoms with E-state index in [0.29, 0.717) is 6.42 Å². The number of amides is 1. The molecule has 1 amide bonds. The van der Waals surface area contributed by atoms with Crippen molar-refractivity contribution in [3.8, 4) is 0 Å². The molecule has 1 aromatic carbocycles. The summed E-state index contributed by atoms with van der Waals surface area (Å²) in [6, 6.07) is 8.58. The number of benzene rings is 1. The van der Waals surface area contributed by atoms with Crippen molar-refractivity contribution in [2.75, 3.05) is 13.2 Å². The highest BCUT2D eigenvalue weighted by atomic mass is 16.5. The molecular weight excluding hydrogens is 286 g/mol. The van der Waals surface area contributed by atoms with E-state index in [-0.39, 0.29) is 32.1 Å². The summed E-state index contributed by atoms with van der Waals surface area (Å²) in [5.41, 5.74) is 0.866. The Kier molecular flexibility index (Phi) is 5.52. The molecule has 1 fully saturated rings. The van der Waals surface area contributed by atoms with Gasteiger partial charge in [0.25, 0.3) is 0 Å². The van der Waals surface area contributed by atoms with E-state index in [1.54, 1.807) is 6.92 Å². The lowest BCUT2D eigenvalue weighted by Crippen LogP contribution is -2.43. The number of rotatable bonds is 6. The normalized spacial score (nSPS) is 17.4. The summed E-state index contributed by atoms with van der Waals surface area (Å²) in [5, 5.41) is 0. The lowest BCUT2D eigenvalue weighted by molar-refractivity contribution is -0.156. The SMILES string of the molecule is CCOC(=O)C1CCC(=O)N1CC(=O)OCc1ccccc1. The third kappa shape index (κ3) is 4.07. The number of likely N-dealkylation sites (tertiary alicyclic amines) is 1. The Bertz CT molecular complexity index is 543. The molecule has 118 valence electrons. The summed E-state index contributed by atoms with van der Waals surface area (Å²) in [5.74, 6) is -1.23. The van der Waals surface area contributed by atoms with Gasteiger partial charge in [0.15, 0.2) is 0 Å². The minimum Gasteiger partial charge on any atom is -0.464 e. The minimum absolute atomic E-state index is 0.145. The molecule has 0 aliphatic carbocycles. The van der Waals surface area contributed by atoms with Crippen LogP contribution in [0.2, 0.25) is 0 Å². The summed E-state index contributed by atoms with van der Waals surface area (Å²) < 4.78 is 10.1. The number of ether oxygens (including phenoxy) is 2. The van der Waals surface area contributed by atoms with Gasteiger partial charge in [-0.1, -0.05) is 30.3 Å². The zero-order valence-corrected chi connectivity index (χ0v) is 12.5. The molecule has 0 N–H and O–H groups in total. The number of hydrogen-bond donors (Lipinski definition) is 0. The maximum Gasteiger partial charge on any atom is 0.328 e. The molecule has 0 saturated carbocycles. The Morgan fingerprint density at radius 3 is 2.64 bits per heavy atom. The quantitative estimate of drug-likeness (QED) is 0.740. The first kappa shape index (κ1) is 16.0. The molecule has 1 aliphatic heterocycles. The van der Waals surface area contributed by atoms with Gasteiger partial charge in [0.1, 0.15) is 19.2 Å². The minimum atomic E-state index is -0.684. The number of nitrogens with zero attached hydrogens (tertiary/aromatic N) is 1. The van der Waals surface area contributed by atoms with Gasteiger partial charge in [-0.3, -0.25) is 9.59 Å². The molecule has 1 unspecified atom stereocenters. The second-order valence-corrected chi connectivity index (χ2v) is 4.97. The van der Waals surface area contributed by atoms with Gasteiger partial charge in [0.05, 0.1) is 6.61 Å². The Morgan fingerprint density at radius 2 is 1.95 bits per heavy atom. The Balaban J connectivity index is 1.88. The van der Waals surface area contributed by atoms with E-state index in [9.17, 15) is 14.4 Å². The van der Waals surface area contributed by atoms with Gasteiger partial charge in [-0.15, -0.1) is 0 Å². The van der Waals surface area contributed by atoms with Crippen LogP contribution >= 0.6 is 0 Å². The van der Waals surface area contributed by atoms with Crippen molar-refractivity contribution >= 4 is 17.8 Å². The topological polar surface area (TPSA) is 72.9 Å². The molecule has 0 aromatic heterocycles. The first-order chi connectivity index (χ1) is 10.6. The van der Waals surface area contributed by atoms with Gasteiger partial charge in [-0.25, -0.2) is 4.79 Å². The highest BCUT2D eigenvalue weighted by Gasteiger charge is 2.38.